The molecule has 2 aromatic rings. The maximum Gasteiger partial charge on any atom is 0.335 e. The van der Waals surface area contributed by atoms with Crippen LogP contribution in [-0.2, 0) is 4.79 Å². The normalized spacial score (nSPS) is 16.9. The van der Waals surface area contributed by atoms with Crippen molar-refractivity contribution in [1.29, 1.82) is 0 Å². The van der Waals surface area contributed by atoms with Crippen LogP contribution in [0.3, 0.4) is 0 Å². The lowest BCUT2D eigenvalue weighted by Crippen LogP contribution is -2.23. The van der Waals surface area contributed by atoms with Gasteiger partial charge in [-0.2, -0.15) is 0 Å². The van der Waals surface area contributed by atoms with Crippen molar-refractivity contribution in [3.05, 3.63) is 70.1 Å². The van der Waals surface area contributed by atoms with Gasteiger partial charge in [0.2, 0.25) is 0 Å². The highest BCUT2D eigenvalue weighted by Crippen LogP contribution is 2.33. The second kappa shape index (κ2) is 7.46. The minimum absolute atomic E-state index is 0.114. The van der Waals surface area contributed by atoms with E-state index in [1.54, 1.807) is 37.4 Å². The summed E-state index contributed by atoms with van der Waals surface area (Å²) in [5.74, 6) is -2.31. The van der Waals surface area contributed by atoms with Crippen molar-refractivity contribution in [2.24, 2.45) is 4.99 Å². The molecule has 1 aliphatic heterocycles. The predicted octanol–water partition coefficient (Wildman–Crippen LogP) is 3.32. The van der Waals surface area contributed by atoms with E-state index in [-0.39, 0.29) is 17.0 Å². The molecule has 136 valence electrons. The van der Waals surface area contributed by atoms with Gasteiger partial charge in [0.05, 0.1) is 21.7 Å². The summed E-state index contributed by atoms with van der Waals surface area (Å²) in [6.45, 7) is 0. The van der Waals surface area contributed by atoms with Crippen molar-refractivity contribution in [3.63, 3.8) is 0 Å². The fraction of sp³-hybridized carbons (Fsp3) is 0.0526. The number of nitrogens with zero attached hydrogens (tertiary/aromatic N) is 2. The summed E-state index contributed by atoms with van der Waals surface area (Å²) in [6, 6.07) is 12.3. The number of amidine groups is 1. The Kier molecular flexibility index (Phi) is 5.09. The molecule has 1 saturated heterocycles. The smallest absolute Gasteiger partial charge is 0.335 e. The van der Waals surface area contributed by atoms with Gasteiger partial charge in [-0.15, -0.1) is 0 Å². The number of rotatable bonds is 4. The van der Waals surface area contributed by atoms with E-state index in [9.17, 15) is 14.4 Å². The molecule has 0 unspecified atom stereocenters. The summed E-state index contributed by atoms with van der Waals surface area (Å²) in [5, 5.41) is 18.4. The molecule has 3 rings (SSSR count). The van der Waals surface area contributed by atoms with Gasteiger partial charge < -0.3 is 10.2 Å². The minimum atomic E-state index is -1.05. The Labute approximate surface area is 158 Å². The standard InChI is InChI=1S/C19H14N2O5S/c1-21-16(22)15(9-11-5-7-12(8-6-11)17(23)24)27-19(21)20-14-4-2-3-13(10-14)18(25)26/h2-10H,1H3,(H,23,24)(H,25,26)/b15-9-,20-19?. The van der Waals surface area contributed by atoms with Gasteiger partial charge >= 0.3 is 11.9 Å². The molecule has 1 amide bonds. The van der Waals surface area contributed by atoms with Crippen LogP contribution in [0.4, 0.5) is 5.69 Å². The van der Waals surface area contributed by atoms with Gasteiger partial charge in [-0.05, 0) is 53.7 Å². The molecule has 0 bridgehead atoms. The topological polar surface area (TPSA) is 107 Å². The molecular weight excluding hydrogens is 368 g/mol. The molecule has 27 heavy (non-hydrogen) atoms. The van der Waals surface area contributed by atoms with Gasteiger partial charge in [0.25, 0.3) is 5.91 Å². The predicted molar refractivity (Wildman–Crippen MR) is 102 cm³/mol. The van der Waals surface area contributed by atoms with E-state index in [0.29, 0.717) is 21.3 Å². The third-order valence-corrected chi connectivity index (χ3v) is 4.84. The van der Waals surface area contributed by atoms with Gasteiger partial charge in [0.15, 0.2) is 5.17 Å². The Balaban J connectivity index is 1.87. The maximum absolute atomic E-state index is 12.4. The zero-order chi connectivity index (χ0) is 19.6. The first-order valence-electron chi connectivity index (χ1n) is 7.78. The number of hydrogen-bond acceptors (Lipinski definition) is 5. The van der Waals surface area contributed by atoms with Gasteiger partial charge in [0, 0.05) is 7.05 Å². The second-order valence-electron chi connectivity index (χ2n) is 5.65. The van der Waals surface area contributed by atoms with Crippen LogP contribution in [-0.4, -0.2) is 45.2 Å². The summed E-state index contributed by atoms with van der Waals surface area (Å²) >= 11 is 1.17. The van der Waals surface area contributed by atoms with Crippen LogP contribution in [0.25, 0.3) is 6.08 Å². The van der Waals surface area contributed by atoms with E-state index in [1.807, 2.05) is 0 Å². The summed E-state index contributed by atoms with van der Waals surface area (Å²) in [4.78, 5) is 40.6. The zero-order valence-electron chi connectivity index (χ0n) is 14.1. The van der Waals surface area contributed by atoms with Gasteiger partial charge in [-0.1, -0.05) is 18.2 Å². The van der Waals surface area contributed by atoms with Crippen molar-refractivity contribution in [3.8, 4) is 0 Å². The van der Waals surface area contributed by atoms with Crippen LogP contribution in [0.5, 0.6) is 0 Å². The van der Waals surface area contributed by atoms with E-state index < -0.39 is 11.9 Å². The quantitative estimate of drug-likeness (QED) is 0.786. The van der Waals surface area contributed by atoms with E-state index in [0.717, 1.165) is 0 Å². The van der Waals surface area contributed by atoms with E-state index in [2.05, 4.69) is 4.99 Å². The lowest BCUT2D eigenvalue weighted by atomic mass is 10.1. The fourth-order valence-electron chi connectivity index (χ4n) is 2.34. The largest absolute Gasteiger partial charge is 0.478 e. The Hall–Kier alpha value is -3.39. The van der Waals surface area contributed by atoms with E-state index in [4.69, 9.17) is 10.2 Å². The highest BCUT2D eigenvalue weighted by molar-refractivity contribution is 8.18. The molecule has 0 saturated carbocycles. The number of carboxylic acid groups (broad SMARTS) is 2. The molecule has 0 radical (unpaired) electrons. The van der Waals surface area contributed by atoms with Gasteiger partial charge in [0.1, 0.15) is 0 Å². The molecular formula is C19H14N2O5S. The Morgan fingerprint density at radius 3 is 2.33 bits per heavy atom. The number of likely N-dealkylation sites (N-methyl/N-ethyl adjacent to an activating group) is 1. The molecule has 2 aromatic carbocycles. The van der Waals surface area contributed by atoms with Crippen LogP contribution >= 0.6 is 11.8 Å². The summed E-state index contributed by atoms with van der Waals surface area (Å²) in [5.41, 5.74) is 1.41. The number of thioether (sulfide) groups is 1. The molecule has 7 nitrogen and oxygen atoms in total. The highest BCUT2D eigenvalue weighted by atomic mass is 32.2. The summed E-state index contributed by atoms with van der Waals surface area (Å²) in [6.07, 6.45) is 1.66. The molecule has 1 heterocycles. The SMILES string of the molecule is CN1C(=O)/C(=C/c2ccc(C(=O)O)cc2)SC1=Nc1cccc(C(=O)O)c1. The fourth-order valence-corrected chi connectivity index (χ4v) is 3.33. The number of benzene rings is 2. The number of carbonyl (C=O) groups is 3. The third-order valence-electron chi connectivity index (χ3n) is 3.78. The van der Waals surface area contributed by atoms with Crippen molar-refractivity contribution in [2.45, 2.75) is 0 Å². The first kappa shape index (κ1) is 18.4. The first-order chi connectivity index (χ1) is 12.8. The van der Waals surface area contributed by atoms with Crippen LogP contribution < -0.4 is 0 Å². The number of aliphatic imine (C=N–C) groups is 1. The van der Waals surface area contributed by atoms with Crippen molar-refractivity contribution >= 4 is 46.5 Å². The molecule has 8 heteroatoms. The minimum Gasteiger partial charge on any atom is -0.478 e. The van der Waals surface area contributed by atoms with Crippen LogP contribution in [0.15, 0.2) is 58.4 Å². The summed E-state index contributed by atoms with van der Waals surface area (Å²) in [7, 11) is 1.59. The highest BCUT2D eigenvalue weighted by Gasteiger charge is 2.30. The lowest BCUT2D eigenvalue weighted by molar-refractivity contribution is -0.121. The van der Waals surface area contributed by atoms with Crippen molar-refractivity contribution in [2.75, 3.05) is 7.05 Å². The molecule has 0 aliphatic carbocycles. The average Bonchev–Trinajstić information content (AvgIpc) is 2.90. The van der Waals surface area contributed by atoms with Crippen molar-refractivity contribution in [1.82, 2.24) is 4.90 Å². The molecule has 2 N–H and O–H groups in total. The molecule has 1 aliphatic rings. The average molecular weight is 382 g/mol. The maximum atomic E-state index is 12.4. The number of carboxylic acids is 2. The van der Waals surface area contributed by atoms with E-state index in [1.165, 1.54) is 40.9 Å². The molecule has 1 fully saturated rings. The van der Waals surface area contributed by atoms with Gasteiger partial charge in [-0.3, -0.25) is 9.69 Å². The molecule has 0 spiro atoms. The number of aromatic carboxylic acids is 2. The molecule has 0 atom stereocenters. The number of carbonyl (C=O) groups excluding carboxylic acids is 1. The van der Waals surface area contributed by atoms with E-state index >= 15 is 0 Å². The monoisotopic (exact) mass is 382 g/mol. The Morgan fingerprint density at radius 2 is 1.70 bits per heavy atom. The first-order valence-corrected chi connectivity index (χ1v) is 8.60. The third kappa shape index (κ3) is 4.06. The van der Waals surface area contributed by atoms with Crippen LogP contribution in [0.1, 0.15) is 26.3 Å². The second-order valence-corrected chi connectivity index (χ2v) is 6.66. The zero-order valence-corrected chi connectivity index (χ0v) is 14.9. The number of hydrogen-bond donors (Lipinski definition) is 2. The van der Waals surface area contributed by atoms with Crippen LogP contribution in [0, 0.1) is 0 Å². The van der Waals surface area contributed by atoms with Crippen molar-refractivity contribution < 1.29 is 24.6 Å². The lowest BCUT2D eigenvalue weighted by Gasteiger charge is -2.07. The van der Waals surface area contributed by atoms with Crippen LogP contribution in [0.2, 0.25) is 0 Å². The molecule has 0 aromatic heterocycles. The van der Waals surface area contributed by atoms with Gasteiger partial charge in [-0.25, -0.2) is 14.6 Å². The Bertz CT molecular complexity index is 995. The summed E-state index contributed by atoms with van der Waals surface area (Å²) < 4.78 is 0. The number of amides is 1. The Morgan fingerprint density at radius 1 is 1.04 bits per heavy atom.